The van der Waals surface area contributed by atoms with E-state index in [1.807, 2.05) is 37.3 Å². The van der Waals surface area contributed by atoms with E-state index < -0.39 is 11.5 Å². The van der Waals surface area contributed by atoms with Crippen molar-refractivity contribution in [3.8, 4) is 0 Å². The predicted molar refractivity (Wildman–Crippen MR) is 99.0 cm³/mol. The maximum atomic E-state index is 12.7. The number of hydrogen-bond acceptors (Lipinski definition) is 6. The molecule has 1 aromatic carbocycles. The van der Waals surface area contributed by atoms with Gasteiger partial charge in [-0.3, -0.25) is 9.36 Å². The third-order valence-electron chi connectivity index (χ3n) is 4.17. The first-order chi connectivity index (χ1) is 12.6. The Morgan fingerprint density at radius 1 is 1.38 bits per heavy atom. The first-order valence-corrected chi connectivity index (χ1v) is 8.55. The molecule has 0 fully saturated rings. The van der Waals surface area contributed by atoms with Gasteiger partial charge >= 0.3 is 5.97 Å². The zero-order chi connectivity index (χ0) is 18.5. The third kappa shape index (κ3) is 3.61. The Bertz CT molecular complexity index is 916. The van der Waals surface area contributed by atoms with E-state index >= 15 is 0 Å². The van der Waals surface area contributed by atoms with E-state index in [4.69, 9.17) is 4.74 Å². The van der Waals surface area contributed by atoms with Crippen molar-refractivity contribution in [2.45, 2.75) is 32.7 Å². The van der Waals surface area contributed by atoms with Crippen LogP contribution in [0.2, 0.25) is 0 Å². The summed E-state index contributed by atoms with van der Waals surface area (Å²) in [6.45, 7) is 3.82. The van der Waals surface area contributed by atoms with Gasteiger partial charge in [-0.15, -0.1) is 0 Å². The lowest BCUT2D eigenvalue weighted by molar-refractivity contribution is 0.0522. The molecule has 0 bridgehead atoms. The molecule has 0 amide bonds. The molecule has 0 saturated heterocycles. The number of nitrogens with zero attached hydrogens (tertiary/aromatic N) is 4. The molecule has 0 N–H and O–H groups in total. The molecular formula is C19H20N4O3. The lowest BCUT2D eigenvalue weighted by Crippen LogP contribution is -2.37. The standard InChI is InChI=1S/C19H20N4O3/c1-3-26-19(25)15-12-20-17-16(10-9-13(2)23(17)18(15)24)22-21-11-14-7-5-4-6-8-14/h4-8,11-13H,3,9-10H2,1-2H3. The van der Waals surface area contributed by atoms with Crippen LogP contribution in [0.3, 0.4) is 0 Å². The zero-order valence-electron chi connectivity index (χ0n) is 14.8. The fourth-order valence-corrected chi connectivity index (χ4v) is 2.83. The SMILES string of the molecule is CCOC(=O)c1cnc2n(c1=O)C(C)CCC2=NN=Cc1ccccc1. The number of fused-ring (bicyclic) bond motifs is 1. The van der Waals surface area contributed by atoms with Crippen molar-refractivity contribution in [2.75, 3.05) is 6.61 Å². The van der Waals surface area contributed by atoms with Gasteiger partial charge in [0.2, 0.25) is 0 Å². The summed E-state index contributed by atoms with van der Waals surface area (Å²) in [6, 6.07) is 9.55. The van der Waals surface area contributed by atoms with E-state index in [0.717, 1.165) is 12.0 Å². The fraction of sp³-hybridized carbons (Fsp3) is 0.316. The summed E-state index contributed by atoms with van der Waals surface area (Å²) in [4.78, 5) is 28.9. The number of rotatable bonds is 4. The topological polar surface area (TPSA) is 85.9 Å². The van der Waals surface area contributed by atoms with E-state index in [2.05, 4.69) is 15.2 Å². The van der Waals surface area contributed by atoms with Gasteiger partial charge in [0.1, 0.15) is 11.3 Å². The monoisotopic (exact) mass is 352 g/mol. The Morgan fingerprint density at radius 3 is 2.88 bits per heavy atom. The van der Waals surface area contributed by atoms with Crippen LogP contribution in [-0.2, 0) is 4.74 Å². The van der Waals surface area contributed by atoms with Crippen LogP contribution < -0.4 is 5.56 Å². The van der Waals surface area contributed by atoms with Crippen LogP contribution in [-0.4, -0.2) is 34.1 Å². The van der Waals surface area contributed by atoms with Crippen LogP contribution in [0.15, 0.2) is 51.5 Å². The molecule has 1 aromatic heterocycles. The number of esters is 1. The van der Waals surface area contributed by atoms with E-state index in [9.17, 15) is 9.59 Å². The molecule has 134 valence electrons. The normalized spacial score (nSPS) is 18.1. The van der Waals surface area contributed by atoms with Crippen LogP contribution in [0.5, 0.6) is 0 Å². The van der Waals surface area contributed by atoms with Crippen molar-refractivity contribution < 1.29 is 9.53 Å². The van der Waals surface area contributed by atoms with Gasteiger partial charge in [-0.05, 0) is 32.3 Å². The minimum Gasteiger partial charge on any atom is -0.462 e. The van der Waals surface area contributed by atoms with Gasteiger partial charge in [0.15, 0.2) is 5.82 Å². The van der Waals surface area contributed by atoms with Crippen molar-refractivity contribution in [2.24, 2.45) is 10.2 Å². The molecular weight excluding hydrogens is 332 g/mol. The summed E-state index contributed by atoms with van der Waals surface area (Å²) >= 11 is 0. The Hall–Kier alpha value is -3.09. The lowest BCUT2D eigenvalue weighted by Gasteiger charge is -2.24. The van der Waals surface area contributed by atoms with Gasteiger partial charge in [-0.25, -0.2) is 9.78 Å². The number of benzene rings is 1. The number of carbonyl (C=O) groups excluding carboxylic acids is 1. The smallest absolute Gasteiger partial charge is 0.345 e. The molecule has 0 radical (unpaired) electrons. The highest BCUT2D eigenvalue weighted by molar-refractivity contribution is 5.99. The van der Waals surface area contributed by atoms with Crippen molar-refractivity contribution in [3.63, 3.8) is 0 Å². The Labute approximate surface area is 151 Å². The molecule has 3 rings (SSSR count). The van der Waals surface area contributed by atoms with Gasteiger partial charge < -0.3 is 4.74 Å². The van der Waals surface area contributed by atoms with Crippen LogP contribution >= 0.6 is 0 Å². The van der Waals surface area contributed by atoms with Crippen LogP contribution in [0.25, 0.3) is 0 Å². The minimum absolute atomic E-state index is 0.0588. The quantitative estimate of drug-likeness (QED) is 0.481. The maximum Gasteiger partial charge on any atom is 0.345 e. The van der Waals surface area contributed by atoms with Crippen molar-refractivity contribution in [1.29, 1.82) is 0 Å². The second-order valence-electron chi connectivity index (χ2n) is 5.98. The predicted octanol–water partition coefficient (Wildman–Crippen LogP) is 2.60. The van der Waals surface area contributed by atoms with Gasteiger partial charge in [-0.1, -0.05) is 30.3 Å². The molecule has 1 aliphatic heterocycles. The summed E-state index contributed by atoms with van der Waals surface area (Å²) in [6.07, 6.45) is 4.31. The van der Waals surface area contributed by atoms with Gasteiger partial charge in [-0.2, -0.15) is 10.2 Å². The lowest BCUT2D eigenvalue weighted by atomic mass is 10.0. The summed E-state index contributed by atoms with van der Waals surface area (Å²) in [5.41, 5.74) is 1.10. The largest absolute Gasteiger partial charge is 0.462 e. The van der Waals surface area contributed by atoms with Gasteiger partial charge in [0, 0.05) is 12.2 Å². The number of hydrogen-bond donors (Lipinski definition) is 0. The number of aromatic nitrogens is 2. The summed E-state index contributed by atoms with van der Waals surface area (Å²) in [5, 5.41) is 8.38. The van der Waals surface area contributed by atoms with Crippen molar-refractivity contribution in [3.05, 3.63) is 63.8 Å². The fourth-order valence-electron chi connectivity index (χ4n) is 2.83. The first kappa shape index (κ1) is 17.7. The number of carbonyl (C=O) groups is 1. The van der Waals surface area contributed by atoms with E-state index in [1.54, 1.807) is 13.1 Å². The highest BCUT2D eigenvalue weighted by Gasteiger charge is 2.26. The first-order valence-electron chi connectivity index (χ1n) is 8.55. The van der Waals surface area contributed by atoms with Gasteiger partial charge in [0.05, 0.1) is 12.8 Å². The molecule has 0 aliphatic carbocycles. The van der Waals surface area contributed by atoms with Crippen molar-refractivity contribution >= 4 is 17.9 Å². The molecule has 7 heteroatoms. The van der Waals surface area contributed by atoms with Crippen LogP contribution in [0, 0.1) is 0 Å². The van der Waals surface area contributed by atoms with E-state index in [0.29, 0.717) is 18.0 Å². The highest BCUT2D eigenvalue weighted by Crippen LogP contribution is 2.22. The molecule has 26 heavy (non-hydrogen) atoms. The van der Waals surface area contributed by atoms with E-state index in [-0.39, 0.29) is 18.2 Å². The molecule has 0 spiro atoms. The Morgan fingerprint density at radius 2 is 2.15 bits per heavy atom. The molecule has 0 saturated carbocycles. The van der Waals surface area contributed by atoms with Crippen molar-refractivity contribution in [1.82, 2.24) is 9.55 Å². The summed E-state index contributed by atoms with van der Waals surface area (Å²) in [5.74, 6) is -0.203. The summed E-state index contributed by atoms with van der Waals surface area (Å²) in [7, 11) is 0. The molecule has 1 aliphatic rings. The van der Waals surface area contributed by atoms with E-state index in [1.165, 1.54) is 10.8 Å². The molecule has 2 heterocycles. The molecule has 7 nitrogen and oxygen atoms in total. The maximum absolute atomic E-state index is 12.7. The Kier molecular flexibility index (Phi) is 5.36. The van der Waals surface area contributed by atoms with Gasteiger partial charge in [0.25, 0.3) is 5.56 Å². The summed E-state index contributed by atoms with van der Waals surface area (Å²) < 4.78 is 6.44. The molecule has 2 aromatic rings. The van der Waals surface area contributed by atoms with Crippen LogP contribution in [0.1, 0.15) is 54.5 Å². The minimum atomic E-state index is -0.654. The molecule has 1 unspecified atom stereocenters. The highest BCUT2D eigenvalue weighted by atomic mass is 16.5. The second kappa shape index (κ2) is 7.86. The third-order valence-corrected chi connectivity index (χ3v) is 4.17. The zero-order valence-corrected chi connectivity index (χ0v) is 14.8. The second-order valence-corrected chi connectivity index (χ2v) is 5.98. The average Bonchev–Trinajstić information content (AvgIpc) is 2.64. The average molecular weight is 352 g/mol. The number of ether oxygens (including phenoxy) is 1. The molecule has 1 atom stereocenters. The Balaban J connectivity index is 1.96. The van der Waals surface area contributed by atoms with Crippen LogP contribution in [0.4, 0.5) is 0 Å².